The molecule has 2 N–H and O–H groups in total. The number of anilines is 1. The lowest BCUT2D eigenvalue weighted by Gasteiger charge is -2.28. The van der Waals surface area contributed by atoms with Crippen LogP contribution in [0.5, 0.6) is 0 Å². The summed E-state index contributed by atoms with van der Waals surface area (Å²) in [6.07, 6.45) is -3.79. The lowest BCUT2D eigenvalue weighted by atomic mass is 10.0. The number of nitrogens with zero attached hydrogens (tertiary/aromatic N) is 3. The summed E-state index contributed by atoms with van der Waals surface area (Å²) < 4.78 is 58.8. The summed E-state index contributed by atoms with van der Waals surface area (Å²) in [5.41, 5.74) is 6.95. The van der Waals surface area contributed by atoms with E-state index in [4.69, 9.17) is 10.5 Å². The highest BCUT2D eigenvalue weighted by molar-refractivity contribution is 5.99. The molecule has 3 heterocycles. The Morgan fingerprint density at radius 3 is 2.59 bits per heavy atom. The minimum Gasteiger partial charge on any atom is -0.383 e. The summed E-state index contributed by atoms with van der Waals surface area (Å²) in [5, 5.41) is 0.577. The molecule has 2 aromatic heterocycles. The van der Waals surface area contributed by atoms with Crippen molar-refractivity contribution in [3.63, 3.8) is 0 Å². The number of fused-ring (bicyclic) bond motifs is 3. The molecule has 3 aromatic rings. The average Bonchev–Trinajstić information content (AvgIpc) is 3.24. The van der Waals surface area contributed by atoms with E-state index in [2.05, 4.69) is 9.97 Å². The zero-order chi connectivity index (χ0) is 23.2. The Labute approximate surface area is 181 Å². The number of amides is 1. The van der Waals surface area contributed by atoms with Crippen LogP contribution in [-0.2, 0) is 24.1 Å². The molecular weight excluding hydrogens is 428 g/mol. The van der Waals surface area contributed by atoms with E-state index in [0.717, 1.165) is 29.5 Å². The molecule has 1 aromatic carbocycles. The fraction of sp³-hybridized carbons (Fsp3) is 0.318. The molecule has 0 saturated heterocycles. The van der Waals surface area contributed by atoms with E-state index in [-0.39, 0.29) is 30.2 Å². The maximum Gasteiger partial charge on any atom is 0.417 e. The number of hydrogen-bond donors (Lipinski definition) is 1. The molecule has 1 aliphatic heterocycles. The maximum atomic E-state index is 14.9. The maximum absolute atomic E-state index is 14.9. The van der Waals surface area contributed by atoms with Gasteiger partial charge in [0.05, 0.1) is 41.6 Å². The van der Waals surface area contributed by atoms with Gasteiger partial charge in [-0.3, -0.25) is 9.78 Å². The van der Waals surface area contributed by atoms with Gasteiger partial charge in [-0.15, -0.1) is 0 Å². The smallest absolute Gasteiger partial charge is 0.383 e. The largest absolute Gasteiger partial charge is 0.417 e. The first kappa shape index (κ1) is 21.9. The van der Waals surface area contributed by atoms with Crippen molar-refractivity contribution in [2.75, 3.05) is 12.3 Å². The fourth-order valence-corrected chi connectivity index (χ4v) is 3.88. The number of ether oxygens (including phenoxy) is 1. The summed E-state index contributed by atoms with van der Waals surface area (Å²) in [5.74, 6) is -1.11. The highest BCUT2D eigenvalue weighted by Crippen LogP contribution is 2.34. The van der Waals surface area contributed by atoms with Crippen LogP contribution in [0.3, 0.4) is 0 Å². The highest BCUT2D eigenvalue weighted by atomic mass is 19.4. The van der Waals surface area contributed by atoms with Crippen LogP contribution in [-0.4, -0.2) is 27.3 Å². The average molecular weight is 448 g/mol. The van der Waals surface area contributed by atoms with Crippen LogP contribution in [0.4, 0.5) is 23.4 Å². The normalized spacial score (nSPS) is 14.4. The second-order valence-electron chi connectivity index (χ2n) is 7.53. The van der Waals surface area contributed by atoms with Gasteiger partial charge in [0.1, 0.15) is 11.6 Å². The SMILES string of the molecule is CCN(C(=O)c1cc2c3c(c(N)nc2cc1F)COC3)[C@@H](C)c1ccc(C(F)(F)F)cn1. The van der Waals surface area contributed by atoms with Crippen LogP contribution in [0.2, 0.25) is 0 Å². The van der Waals surface area contributed by atoms with E-state index in [0.29, 0.717) is 17.5 Å². The molecule has 0 fully saturated rings. The van der Waals surface area contributed by atoms with Crippen molar-refractivity contribution >= 4 is 22.6 Å². The van der Waals surface area contributed by atoms with Crippen LogP contribution in [0.1, 0.15) is 52.6 Å². The Morgan fingerprint density at radius 1 is 1.25 bits per heavy atom. The van der Waals surface area contributed by atoms with Crippen LogP contribution in [0, 0.1) is 5.82 Å². The standard InChI is InChI=1S/C22H20F4N4O2/c1-3-30(11(2)18-5-4-12(8-28-18)22(24,25)26)21(31)14-6-13-15-9-32-10-16(15)20(27)29-19(13)7-17(14)23/h4-8,11H,3,9-10H2,1-2H3,(H2,27,29)/t11-/m0/s1. The number of carbonyl (C=O) groups excluding carboxylic acids is 1. The zero-order valence-electron chi connectivity index (χ0n) is 17.3. The number of alkyl halides is 3. The molecule has 0 radical (unpaired) electrons. The molecule has 0 spiro atoms. The van der Waals surface area contributed by atoms with Gasteiger partial charge < -0.3 is 15.4 Å². The predicted molar refractivity (Wildman–Crippen MR) is 109 cm³/mol. The number of halogens is 4. The van der Waals surface area contributed by atoms with Crippen LogP contribution in [0.25, 0.3) is 10.9 Å². The van der Waals surface area contributed by atoms with Crippen molar-refractivity contribution in [3.8, 4) is 0 Å². The minimum absolute atomic E-state index is 0.168. The molecule has 6 nitrogen and oxygen atoms in total. The van der Waals surface area contributed by atoms with Gasteiger partial charge >= 0.3 is 6.18 Å². The van der Waals surface area contributed by atoms with Gasteiger partial charge in [-0.25, -0.2) is 9.37 Å². The van der Waals surface area contributed by atoms with Crippen molar-refractivity contribution in [1.29, 1.82) is 0 Å². The number of nitrogens with two attached hydrogens (primary N) is 1. The van der Waals surface area contributed by atoms with Crippen molar-refractivity contribution < 1.29 is 27.1 Å². The number of aromatic nitrogens is 2. The number of hydrogen-bond acceptors (Lipinski definition) is 5. The molecule has 1 amide bonds. The third-order valence-electron chi connectivity index (χ3n) is 5.66. The highest BCUT2D eigenvalue weighted by Gasteiger charge is 2.32. The lowest BCUT2D eigenvalue weighted by Crippen LogP contribution is -2.34. The molecule has 0 aliphatic carbocycles. The van der Waals surface area contributed by atoms with Crippen molar-refractivity contribution in [3.05, 3.63) is 64.2 Å². The van der Waals surface area contributed by atoms with E-state index >= 15 is 0 Å². The van der Waals surface area contributed by atoms with Gasteiger partial charge in [-0.1, -0.05) is 0 Å². The zero-order valence-corrected chi connectivity index (χ0v) is 17.3. The van der Waals surface area contributed by atoms with Gasteiger partial charge in [0, 0.05) is 29.8 Å². The Bertz CT molecular complexity index is 1200. The third-order valence-corrected chi connectivity index (χ3v) is 5.66. The van der Waals surface area contributed by atoms with Gasteiger partial charge in [-0.05, 0) is 37.6 Å². The lowest BCUT2D eigenvalue weighted by molar-refractivity contribution is -0.137. The number of benzene rings is 1. The molecule has 0 bridgehead atoms. The molecule has 4 rings (SSSR count). The Hall–Kier alpha value is -3.27. The molecular formula is C22H20F4N4O2. The summed E-state index contributed by atoms with van der Waals surface area (Å²) in [4.78, 5) is 22.7. The van der Waals surface area contributed by atoms with E-state index in [9.17, 15) is 22.4 Å². The van der Waals surface area contributed by atoms with Gasteiger partial charge in [0.25, 0.3) is 5.91 Å². The fourth-order valence-electron chi connectivity index (χ4n) is 3.88. The van der Waals surface area contributed by atoms with Crippen molar-refractivity contribution in [2.45, 2.75) is 39.3 Å². The topological polar surface area (TPSA) is 81.3 Å². The van der Waals surface area contributed by atoms with Crippen LogP contribution < -0.4 is 5.73 Å². The number of rotatable bonds is 4. The third kappa shape index (κ3) is 3.75. The van der Waals surface area contributed by atoms with Crippen molar-refractivity contribution in [2.24, 2.45) is 0 Å². The van der Waals surface area contributed by atoms with E-state index < -0.39 is 29.5 Å². The Balaban J connectivity index is 1.70. The number of pyridine rings is 2. The molecule has 168 valence electrons. The van der Waals surface area contributed by atoms with Gasteiger partial charge in [-0.2, -0.15) is 13.2 Å². The molecule has 0 saturated carbocycles. The van der Waals surface area contributed by atoms with E-state index in [1.165, 1.54) is 17.0 Å². The number of nitrogen functional groups attached to an aromatic ring is 1. The van der Waals surface area contributed by atoms with Gasteiger partial charge in [0.2, 0.25) is 0 Å². The van der Waals surface area contributed by atoms with Gasteiger partial charge in [0.15, 0.2) is 0 Å². The summed E-state index contributed by atoms with van der Waals surface area (Å²) in [6, 6.07) is 4.04. The Morgan fingerprint density at radius 2 is 1.97 bits per heavy atom. The monoisotopic (exact) mass is 448 g/mol. The molecule has 10 heteroatoms. The molecule has 0 unspecified atom stereocenters. The van der Waals surface area contributed by atoms with Crippen molar-refractivity contribution in [1.82, 2.24) is 14.9 Å². The molecule has 1 aliphatic rings. The predicted octanol–water partition coefficient (Wildman–Crippen LogP) is 4.62. The first-order valence-electron chi connectivity index (χ1n) is 9.94. The summed E-state index contributed by atoms with van der Waals surface area (Å²) in [6.45, 7) is 4.10. The molecule has 1 atom stereocenters. The second kappa shape index (κ2) is 8.01. The summed E-state index contributed by atoms with van der Waals surface area (Å²) >= 11 is 0. The summed E-state index contributed by atoms with van der Waals surface area (Å²) in [7, 11) is 0. The second-order valence-corrected chi connectivity index (χ2v) is 7.53. The minimum atomic E-state index is -4.51. The van der Waals surface area contributed by atoms with E-state index in [1.54, 1.807) is 13.8 Å². The number of carbonyl (C=O) groups is 1. The first-order valence-corrected chi connectivity index (χ1v) is 9.94. The molecule has 32 heavy (non-hydrogen) atoms. The Kier molecular flexibility index (Phi) is 5.49. The quantitative estimate of drug-likeness (QED) is 0.589. The van der Waals surface area contributed by atoms with Crippen LogP contribution in [0.15, 0.2) is 30.5 Å². The van der Waals surface area contributed by atoms with Crippen LogP contribution >= 0.6 is 0 Å². The van der Waals surface area contributed by atoms with E-state index in [1.807, 2.05) is 0 Å². The first-order chi connectivity index (χ1) is 15.1.